The number of nitrogens with zero attached hydrogens (tertiary/aromatic N) is 3. The molecule has 9 heteroatoms. The smallest absolute Gasteiger partial charge is 0.227 e. The van der Waals surface area contributed by atoms with Crippen LogP contribution in [0.3, 0.4) is 0 Å². The second kappa shape index (κ2) is 10.2. The standard InChI is InChI=1S/C29H26F2N6O/c1-38-26-13-20(4-6-21(26)17-8-10-32-11-9-17)36-29-35-15-23(18-2-7-27(31)34-14-18)28(37-29)24-16-33-25-12-19(30)3-5-22(24)25/h2-7,12-17,32-33H,8-11H2,1H3,(H,35,36,37). The van der Waals surface area contributed by atoms with E-state index in [0.717, 1.165) is 48.3 Å². The minimum Gasteiger partial charge on any atom is -0.496 e. The van der Waals surface area contributed by atoms with Gasteiger partial charge in [0.25, 0.3) is 0 Å². The highest BCUT2D eigenvalue weighted by Gasteiger charge is 2.20. The topological polar surface area (TPSA) is 87.8 Å². The number of piperidine rings is 1. The summed E-state index contributed by atoms with van der Waals surface area (Å²) in [5, 5.41) is 7.50. The Morgan fingerprint density at radius 2 is 1.82 bits per heavy atom. The summed E-state index contributed by atoms with van der Waals surface area (Å²) in [6.45, 7) is 2.00. The lowest BCUT2D eigenvalue weighted by atomic mass is 9.89. The van der Waals surface area contributed by atoms with Crippen molar-refractivity contribution in [3.05, 3.63) is 84.4 Å². The number of aromatic nitrogens is 4. The van der Waals surface area contributed by atoms with Gasteiger partial charge in [-0.2, -0.15) is 4.39 Å². The second-order valence-corrected chi connectivity index (χ2v) is 9.32. The van der Waals surface area contributed by atoms with Gasteiger partial charge in [0.2, 0.25) is 11.9 Å². The maximum atomic E-state index is 13.8. The highest BCUT2D eigenvalue weighted by molar-refractivity contribution is 5.98. The Labute approximate surface area is 218 Å². The van der Waals surface area contributed by atoms with Crippen LogP contribution in [0.15, 0.2) is 67.1 Å². The molecular weight excluding hydrogens is 486 g/mol. The molecule has 1 saturated heterocycles. The van der Waals surface area contributed by atoms with Crippen molar-refractivity contribution in [2.75, 3.05) is 25.5 Å². The fourth-order valence-corrected chi connectivity index (χ4v) is 5.08. The lowest BCUT2D eigenvalue weighted by Gasteiger charge is -2.25. The van der Waals surface area contributed by atoms with E-state index in [0.29, 0.717) is 34.2 Å². The van der Waals surface area contributed by atoms with Gasteiger partial charge in [-0.25, -0.2) is 19.3 Å². The fraction of sp³-hybridized carbons (Fsp3) is 0.207. The van der Waals surface area contributed by atoms with E-state index in [1.165, 1.54) is 30.0 Å². The number of nitrogens with one attached hydrogen (secondary N) is 3. The Hall–Kier alpha value is -4.37. The van der Waals surface area contributed by atoms with Crippen LogP contribution in [0.5, 0.6) is 5.75 Å². The Balaban J connectivity index is 1.40. The first-order valence-electron chi connectivity index (χ1n) is 12.5. The molecule has 0 radical (unpaired) electrons. The first-order chi connectivity index (χ1) is 18.6. The van der Waals surface area contributed by atoms with Gasteiger partial charge in [0.1, 0.15) is 11.6 Å². The van der Waals surface area contributed by atoms with E-state index in [1.807, 2.05) is 12.1 Å². The van der Waals surface area contributed by atoms with Gasteiger partial charge in [-0.15, -0.1) is 0 Å². The average molecular weight is 513 g/mol. The highest BCUT2D eigenvalue weighted by atomic mass is 19.1. The first kappa shape index (κ1) is 24.0. The number of benzene rings is 2. The van der Waals surface area contributed by atoms with Crippen molar-refractivity contribution in [1.29, 1.82) is 0 Å². The Bertz CT molecular complexity index is 1600. The number of aromatic amines is 1. The lowest BCUT2D eigenvalue weighted by Crippen LogP contribution is -2.26. The van der Waals surface area contributed by atoms with Gasteiger partial charge in [-0.1, -0.05) is 6.07 Å². The number of pyridine rings is 1. The molecule has 0 bridgehead atoms. The van der Waals surface area contributed by atoms with Crippen molar-refractivity contribution in [2.24, 2.45) is 0 Å². The molecule has 38 heavy (non-hydrogen) atoms. The fourth-order valence-electron chi connectivity index (χ4n) is 5.08. The van der Waals surface area contributed by atoms with Gasteiger partial charge >= 0.3 is 0 Å². The summed E-state index contributed by atoms with van der Waals surface area (Å²) in [4.78, 5) is 16.3. The van der Waals surface area contributed by atoms with Crippen LogP contribution in [-0.4, -0.2) is 40.1 Å². The SMILES string of the molecule is COc1cc(Nc2ncc(-c3ccc(F)nc3)c(-c3c[nH]c4cc(F)ccc34)n2)ccc1C1CCNCC1. The number of anilines is 2. The first-order valence-corrected chi connectivity index (χ1v) is 12.5. The molecule has 0 amide bonds. The number of fused-ring (bicyclic) bond motifs is 1. The van der Waals surface area contributed by atoms with Gasteiger partial charge in [0, 0.05) is 57.9 Å². The monoisotopic (exact) mass is 512 g/mol. The van der Waals surface area contributed by atoms with E-state index in [2.05, 4.69) is 31.7 Å². The molecule has 3 aromatic heterocycles. The number of hydrogen-bond acceptors (Lipinski definition) is 6. The van der Waals surface area contributed by atoms with Crippen molar-refractivity contribution in [1.82, 2.24) is 25.3 Å². The summed E-state index contributed by atoms with van der Waals surface area (Å²) >= 11 is 0. The van der Waals surface area contributed by atoms with Crippen molar-refractivity contribution in [3.63, 3.8) is 0 Å². The zero-order chi connectivity index (χ0) is 26.1. The summed E-state index contributed by atoms with van der Waals surface area (Å²) in [6, 6.07) is 13.6. The van der Waals surface area contributed by atoms with E-state index in [9.17, 15) is 8.78 Å². The van der Waals surface area contributed by atoms with Crippen LogP contribution >= 0.6 is 0 Å². The van der Waals surface area contributed by atoms with Crippen LogP contribution < -0.4 is 15.4 Å². The maximum absolute atomic E-state index is 13.8. The van der Waals surface area contributed by atoms with Crippen LogP contribution in [0.1, 0.15) is 24.3 Å². The molecule has 7 nitrogen and oxygen atoms in total. The minimum absolute atomic E-state index is 0.333. The molecule has 5 aromatic rings. The summed E-state index contributed by atoms with van der Waals surface area (Å²) in [5.41, 5.74) is 5.35. The number of hydrogen-bond donors (Lipinski definition) is 3. The minimum atomic E-state index is -0.570. The molecule has 4 heterocycles. The second-order valence-electron chi connectivity index (χ2n) is 9.32. The van der Waals surface area contributed by atoms with E-state index in [-0.39, 0.29) is 5.82 Å². The predicted molar refractivity (Wildman–Crippen MR) is 144 cm³/mol. The predicted octanol–water partition coefficient (Wildman–Crippen LogP) is 6.18. The Kier molecular flexibility index (Phi) is 6.43. The molecule has 0 unspecified atom stereocenters. The molecule has 0 aliphatic carbocycles. The lowest BCUT2D eigenvalue weighted by molar-refractivity contribution is 0.392. The van der Waals surface area contributed by atoms with Gasteiger partial charge in [0.15, 0.2) is 0 Å². The van der Waals surface area contributed by atoms with Gasteiger partial charge in [-0.3, -0.25) is 0 Å². The Morgan fingerprint density at radius 1 is 0.947 bits per heavy atom. The van der Waals surface area contributed by atoms with E-state index >= 15 is 0 Å². The molecule has 3 N–H and O–H groups in total. The zero-order valence-electron chi connectivity index (χ0n) is 20.8. The molecule has 1 aliphatic heterocycles. The quantitative estimate of drug-likeness (QED) is 0.235. The number of methoxy groups -OCH3 is 1. The third-order valence-corrected chi connectivity index (χ3v) is 6.99. The Morgan fingerprint density at radius 3 is 2.61 bits per heavy atom. The van der Waals surface area contributed by atoms with Crippen LogP contribution in [-0.2, 0) is 0 Å². The van der Waals surface area contributed by atoms with Gasteiger partial charge in [0.05, 0.1) is 12.8 Å². The zero-order valence-corrected chi connectivity index (χ0v) is 20.8. The van der Waals surface area contributed by atoms with E-state index < -0.39 is 5.95 Å². The van der Waals surface area contributed by atoms with Crippen molar-refractivity contribution < 1.29 is 13.5 Å². The molecule has 1 aliphatic rings. The normalized spacial score (nSPS) is 14.1. The molecule has 0 spiro atoms. The summed E-state index contributed by atoms with van der Waals surface area (Å²) in [6.07, 6.45) is 7.06. The summed E-state index contributed by atoms with van der Waals surface area (Å²) in [5.74, 6) is 0.764. The summed E-state index contributed by atoms with van der Waals surface area (Å²) in [7, 11) is 1.68. The summed E-state index contributed by atoms with van der Waals surface area (Å²) < 4.78 is 33.1. The largest absolute Gasteiger partial charge is 0.496 e. The van der Waals surface area contributed by atoms with Crippen molar-refractivity contribution in [3.8, 4) is 28.1 Å². The highest BCUT2D eigenvalue weighted by Crippen LogP contribution is 2.37. The van der Waals surface area contributed by atoms with Gasteiger partial charge in [-0.05, 0) is 73.8 Å². The molecular formula is C29H26F2N6O. The number of ether oxygens (including phenoxy) is 1. The van der Waals surface area contributed by atoms with Crippen LogP contribution in [0, 0.1) is 11.8 Å². The van der Waals surface area contributed by atoms with E-state index in [1.54, 1.807) is 31.6 Å². The van der Waals surface area contributed by atoms with Crippen molar-refractivity contribution in [2.45, 2.75) is 18.8 Å². The van der Waals surface area contributed by atoms with Crippen LogP contribution in [0.25, 0.3) is 33.3 Å². The van der Waals surface area contributed by atoms with Crippen LogP contribution in [0.2, 0.25) is 0 Å². The third-order valence-electron chi connectivity index (χ3n) is 6.99. The molecule has 192 valence electrons. The van der Waals surface area contributed by atoms with Crippen LogP contribution in [0.4, 0.5) is 20.4 Å². The maximum Gasteiger partial charge on any atom is 0.227 e. The van der Waals surface area contributed by atoms with E-state index in [4.69, 9.17) is 9.72 Å². The third kappa shape index (κ3) is 4.68. The number of H-pyrrole nitrogens is 1. The average Bonchev–Trinajstić information content (AvgIpc) is 3.37. The molecule has 2 aromatic carbocycles. The molecule has 0 saturated carbocycles. The van der Waals surface area contributed by atoms with Crippen molar-refractivity contribution >= 4 is 22.5 Å². The molecule has 6 rings (SSSR count). The number of rotatable bonds is 6. The molecule has 1 fully saturated rings. The number of halogens is 2. The van der Waals surface area contributed by atoms with Gasteiger partial charge < -0.3 is 20.4 Å². The molecule has 0 atom stereocenters.